The van der Waals surface area contributed by atoms with Crippen LogP contribution in [0.15, 0.2) is 53.4 Å². The fourth-order valence-corrected chi connectivity index (χ4v) is 3.05. The Morgan fingerprint density at radius 3 is 2.23 bits per heavy atom. The van der Waals surface area contributed by atoms with Crippen molar-refractivity contribution in [1.29, 1.82) is 0 Å². The number of sulfonamides is 1. The summed E-state index contributed by atoms with van der Waals surface area (Å²) in [4.78, 5) is 20.9. The van der Waals surface area contributed by atoms with Crippen LogP contribution in [-0.4, -0.2) is 19.1 Å². The van der Waals surface area contributed by atoms with Crippen molar-refractivity contribution >= 4 is 27.2 Å². The first-order valence-corrected chi connectivity index (χ1v) is 7.67. The van der Waals surface area contributed by atoms with Gasteiger partial charge >= 0.3 is 0 Å². The molecule has 0 amide bonds. The Balaban J connectivity index is 2.36. The molecule has 2 rings (SSSR count). The molecule has 0 aliphatic heterocycles. The Labute approximate surface area is 126 Å². The van der Waals surface area contributed by atoms with Crippen LogP contribution in [-0.2, 0) is 10.0 Å². The van der Waals surface area contributed by atoms with Crippen LogP contribution >= 0.6 is 0 Å². The lowest BCUT2D eigenvalue weighted by Gasteiger charge is -2.08. The number of nitrogens with zero attached hydrogens (tertiary/aromatic N) is 1. The van der Waals surface area contributed by atoms with Crippen molar-refractivity contribution in [2.24, 2.45) is 0 Å². The van der Waals surface area contributed by atoms with E-state index >= 15 is 0 Å². The number of nitro groups is 1. The molecule has 0 unspecified atom stereocenters. The average Bonchev–Trinajstić information content (AvgIpc) is 2.47. The molecule has 0 aromatic heterocycles. The van der Waals surface area contributed by atoms with Gasteiger partial charge in [-0.3, -0.25) is 19.6 Å². The smallest absolute Gasteiger partial charge is 0.289 e. The minimum absolute atomic E-state index is 0.145. The first kappa shape index (κ1) is 15.6. The van der Waals surface area contributed by atoms with Crippen LogP contribution in [0.4, 0.5) is 11.4 Å². The van der Waals surface area contributed by atoms with Gasteiger partial charge in [-0.2, -0.15) is 0 Å². The molecule has 7 nitrogen and oxygen atoms in total. The molecule has 0 atom stereocenters. The summed E-state index contributed by atoms with van der Waals surface area (Å²) in [6.07, 6.45) is 0. The summed E-state index contributed by atoms with van der Waals surface area (Å²) in [5, 5.41) is 10.9. The molecule has 0 bridgehead atoms. The van der Waals surface area contributed by atoms with Gasteiger partial charge in [0.05, 0.1) is 4.92 Å². The number of carbonyl (C=O) groups excluding carboxylic acids is 1. The van der Waals surface area contributed by atoms with Crippen LogP contribution in [0.1, 0.15) is 17.3 Å². The maximum absolute atomic E-state index is 12.3. The number of hydrogen-bond acceptors (Lipinski definition) is 5. The molecule has 0 saturated carbocycles. The lowest BCUT2D eigenvalue weighted by molar-refractivity contribution is -0.387. The highest BCUT2D eigenvalue weighted by molar-refractivity contribution is 7.92. The van der Waals surface area contributed by atoms with Crippen LogP contribution < -0.4 is 4.72 Å². The molecule has 0 spiro atoms. The van der Waals surface area contributed by atoms with E-state index in [0.717, 1.165) is 12.1 Å². The third kappa shape index (κ3) is 3.29. The SMILES string of the molecule is CC(=O)c1ccc(NS(=O)(=O)c2ccccc2[N+](=O)[O-])cc1. The fourth-order valence-electron chi connectivity index (χ4n) is 1.82. The predicted octanol–water partition coefficient (Wildman–Crippen LogP) is 2.60. The van der Waals surface area contributed by atoms with Crippen molar-refractivity contribution in [2.45, 2.75) is 11.8 Å². The molecule has 2 aromatic rings. The topological polar surface area (TPSA) is 106 Å². The van der Waals surface area contributed by atoms with Gasteiger partial charge in [-0.05, 0) is 37.3 Å². The first-order chi connectivity index (χ1) is 10.3. The third-order valence-electron chi connectivity index (χ3n) is 2.90. The van der Waals surface area contributed by atoms with E-state index in [-0.39, 0.29) is 11.5 Å². The molecular formula is C14H12N2O5S. The van der Waals surface area contributed by atoms with E-state index in [2.05, 4.69) is 4.72 Å². The molecular weight excluding hydrogens is 308 g/mol. The lowest BCUT2D eigenvalue weighted by Crippen LogP contribution is -2.14. The van der Waals surface area contributed by atoms with Gasteiger partial charge in [0.1, 0.15) is 0 Å². The summed E-state index contributed by atoms with van der Waals surface area (Å²) < 4.78 is 26.8. The summed E-state index contributed by atoms with van der Waals surface area (Å²) >= 11 is 0. The van der Waals surface area contributed by atoms with Gasteiger partial charge < -0.3 is 0 Å². The quantitative estimate of drug-likeness (QED) is 0.517. The lowest BCUT2D eigenvalue weighted by atomic mass is 10.1. The van der Waals surface area contributed by atoms with E-state index in [1.54, 1.807) is 0 Å². The Morgan fingerprint density at radius 1 is 1.09 bits per heavy atom. The largest absolute Gasteiger partial charge is 0.295 e. The minimum Gasteiger partial charge on any atom is -0.295 e. The van der Waals surface area contributed by atoms with Crippen molar-refractivity contribution in [2.75, 3.05) is 4.72 Å². The monoisotopic (exact) mass is 320 g/mol. The van der Waals surface area contributed by atoms with Crippen LogP contribution in [0, 0.1) is 10.1 Å². The van der Waals surface area contributed by atoms with Crippen molar-refractivity contribution in [3.05, 3.63) is 64.2 Å². The Hall–Kier alpha value is -2.74. The number of carbonyl (C=O) groups is 1. The minimum atomic E-state index is -4.10. The maximum atomic E-state index is 12.3. The highest BCUT2D eigenvalue weighted by Gasteiger charge is 2.25. The van der Waals surface area contributed by atoms with Crippen LogP contribution in [0.2, 0.25) is 0 Å². The Kier molecular flexibility index (Phi) is 4.22. The van der Waals surface area contributed by atoms with E-state index in [1.807, 2.05) is 0 Å². The molecule has 22 heavy (non-hydrogen) atoms. The van der Waals surface area contributed by atoms with Gasteiger partial charge in [0.2, 0.25) is 0 Å². The fraction of sp³-hybridized carbons (Fsp3) is 0.0714. The number of nitro benzene ring substituents is 1. The van der Waals surface area contributed by atoms with Gasteiger partial charge in [-0.1, -0.05) is 12.1 Å². The molecule has 0 aliphatic rings. The zero-order chi connectivity index (χ0) is 16.3. The maximum Gasteiger partial charge on any atom is 0.289 e. The van der Waals surface area contributed by atoms with E-state index in [4.69, 9.17) is 0 Å². The van der Waals surface area contributed by atoms with E-state index in [9.17, 15) is 23.3 Å². The molecule has 1 N–H and O–H groups in total. The molecule has 0 heterocycles. The first-order valence-electron chi connectivity index (χ1n) is 6.18. The highest BCUT2D eigenvalue weighted by atomic mass is 32.2. The molecule has 2 aromatic carbocycles. The standard InChI is InChI=1S/C14H12N2O5S/c1-10(17)11-6-8-12(9-7-11)15-22(20,21)14-5-3-2-4-13(14)16(18)19/h2-9,15H,1H3. The zero-order valence-corrected chi connectivity index (χ0v) is 12.3. The summed E-state index contributed by atoms with van der Waals surface area (Å²) in [7, 11) is -4.10. The average molecular weight is 320 g/mol. The van der Waals surface area contributed by atoms with Crippen LogP contribution in [0.5, 0.6) is 0 Å². The number of ketones is 1. The highest BCUT2D eigenvalue weighted by Crippen LogP contribution is 2.25. The van der Waals surface area contributed by atoms with E-state index < -0.39 is 25.5 Å². The molecule has 0 fully saturated rings. The Morgan fingerprint density at radius 2 is 1.68 bits per heavy atom. The van der Waals surface area contributed by atoms with Crippen molar-refractivity contribution in [3.63, 3.8) is 0 Å². The second kappa shape index (κ2) is 5.94. The normalized spacial score (nSPS) is 11.0. The van der Waals surface area contributed by atoms with Gasteiger partial charge in [0.15, 0.2) is 10.7 Å². The number of anilines is 1. The van der Waals surface area contributed by atoms with Crippen LogP contribution in [0.3, 0.4) is 0 Å². The summed E-state index contributed by atoms with van der Waals surface area (Å²) in [5.74, 6) is -0.145. The molecule has 0 saturated heterocycles. The predicted molar refractivity (Wildman–Crippen MR) is 80.4 cm³/mol. The van der Waals surface area contributed by atoms with Gasteiger partial charge in [-0.15, -0.1) is 0 Å². The number of hydrogen-bond donors (Lipinski definition) is 1. The summed E-state index contributed by atoms with van der Waals surface area (Å²) in [6, 6.07) is 10.8. The Bertz CT molecular complexity index is 829. The third-order valence-corrected chi connectivity index (χ3v) is 4.32. The van der Waals surface area contributed by atoms with Crippen molar-refractivity contribution in [3.8, 4) is 0 Å². The molecule has 0 aliphatic carbocycles. The van der Waals surface area contributed by atoms with E-state index in [0.29, 0.717) is 5.56 Å². The zero-order valence-electron chi connectivity index (χ0n) is 11.5. The van der Waals surface area contributed by atoms with Crippen molar-refractivity contribution in [1.82, 2.24) is 0 Å². The van der Waals surface area contributed by atoms with Gasteiger partial charge in [0, 0.05) is 17.3 Å². The summed E-state index contributed by atoms with van der Waals surface area (Å²) in [6.45, 7) is 1.40. The number of Topliss-reactive ketones (excluding diaryl/α,β-unsaturated/α-hetero) is 1. The van der Waals surface area contributed by atoms with Crippen LogP contribution in [0.25, 0.3) is 0 Å². The number of para-hydroxylation sites is 1. The van der Waals surface area contributed by atoms with E-state index in [1.165, 1.54) is 43.3 Å². The summed E-state index contributed by atoms with van der Waals surface area (Å²) in [5.41, 5.74) is 0.146. The van der Waals surface area contributed by atoms with Crippen molar-refractivity contribution < 1.29 is 18.1 Å². The number of rotatable bonds is 5. The molecule has 8 heteroatoms. The molecule has 114 valence electrons. The number of benzene rings is 2. The number of nitrogens with one attached hydrogen (secondary N) is 1. The second-order valence-electron chi connectivity index (χ2n) is 4.46. The molecule has 0 radical (unpaired) electrons. The van der Waals surface area contributed by atoms with Gasteiger partial charge in [-0.25, -0.2) is 8.42 Å². The second-order valence-corrected chi connectivity index (χ2v) is 6.11. The van der Waals surface area contributed by atoms with Gasteiger partial charge in [0.25, 0.3) is 15.7 Å².